The van der Waals surface area contributed by atoms with Crippen LogP contribution < -0.4 is 16.4 Å². The van der Waals surface area contributed by atoms with Crippen molar-refractivity contribution in [2.75, 3.05) is 13.2 Å². The molecule has 10 heteroatoms. The summed E-state index contributed by atoms with van der Waals surface area (Å²) >= 11 is 0. The first kappa shape index (κ1) is 25.9. The molecule has 0 fully saturated rings. The van der Waals surface area contributed by atoms with Gasteiger partial charge in [0.1, 0.15) is 19.1 Å². The van der Waals surface area contributed by atoms with Crippen LogP contribution in [0, 0.1) is 0 Å². The number of amides is 3. The second-order valence-electron chi connectivity index (χ2n) is 8.90. The van der Waals surface area contributed by atoms with Crippen molar-refractivity contribution in [3.05, 3.63) is 71.4 Å². The topological polar surface area (TPSA) is 149 Å². The first-order valence-corrected chi connectivity index (χ1v) is 12.4. The van der Waals surface area contributed by atoms with Gasteiger partial charge in [0, 0.05) is 18.9 Å². The van der Waals surface area contributed by atoms with Gasteiger partial charge in [-0.05, 0) is 41.5 Å². The zero-order valence-corrected chi connectivity index (χ0v) is 20.7. The highest BCUT2D eigenvalue weighted by molar-refractivity contribution is 5.79. The number of fused-ring (bicyclic) bond motifs is 3. The van der Waals surface area contributed by atoms with E-state index < -0.39 is 18.0 Å². The third-order valence-electron chi connectivity index (χ3n) is 6.29. The lowest BCUT2D eigenvalue weighted by molar-refractivity contribution is -0.122. The SMILES string of the molecule is CCC(=O)N[C@@H](CCCCNC(=O)OCC1c2ccccc2-c2ccccc21)c1nnc(CC(N)=O)o1. The van der Waals surface area contributed by atoms with Crippen molar-refractivity contribution in [2.24, 2.45) is 5.73 Å². The average molecular weight is 506 g/mol. The molecule has 37 heavy (non-hydrogen) atoms. The highest BCUT2D eigenvalue weighted by Crippen LogP contribution is 2.44. The van der Waals surface area contributed by atoms with Crippen molar-refractivity contribution in [2.45, 2.75) is 51.0 Å². The summed E-state index contributed by atoms with van der Waals surface area (Å²) in [6.07, 6.45) is 1.53. The fraction of sp³-hybridized carbons (Fsp3) is 0.370. The minimum absolute atomic E-state index is 0.00921. The summed E-state index contributed by atoms with van der Waals surface area (Å²) in [7, 11) is 0. The lowest BCUT2D eigenvalue weighted by Gasteiger charge is -2.16. The lowest BCUT2D eigenvalue weighted by Crippen LogP contribution is -2.29. The van der Waals surface area contributed by atoms with Crippen LogP contribution in [0.4, 0.5) is 4.79 Å². The van der Waals surface area contributed by atoms with Crippen LogP contribution in [0.15, 0.2) is 52.9 Å². The predicted molar refractivity (Wildman–Crippen MR) is 135 cm³/mol. The van der Waals surface area contributed by atoms with Crippen LogP contribution in [0.1, 0.15) is 67.5 Å². The Morgan fingerprint density at radius 2 is 1.70 bits per heavy atom. The summed E-state index contributed by atoms with van der Waals surface area (Å²) in [4.78, 5) is 35.4. The van der Waals surface area contributed by atoms with E-state index in [-0.39, 0.29) is 36.6 Å². The summed E-state index contributed by atoms with van der Waals surface area (Å²) < 4.78 is 11.1. The Balaban J connectivity index is 1.23. The number of alkyl carbamates (subject to hydrolysis) is 1. The zero-order chi connectivity index (χ0) is 26.2. The van der Waals surface area contributed by atoms with Gasteiger partial charge in [-0.1, -0.05) is 55.5 Å². The number of rotatable bonds is 12. The molecule has 1 heterocycles. The van der Waals surface area contributed by atoms with Gasteiger partial charge >= 0.3 is 6.09 Å². The minimum atomic E-state index is -0.580. The number of primary amides is 1. The summed E-state index contributed by atoms with van der Waals surface area (Å²) in [5.74, 6) is -0.396. The predicted octanol–water partition coefficient (Wildman–Crippen LogP) is 3.37. The van der Waals surface area contributed by atoms with Gasteiger partial charge in [-0.25, -0.2) is 4.79 Å². The Bertz CT molecular complexity index is 1210. The number of aromatic nitrogens is 2. The second kappa shape index (κ2) is 12.2. The molecule has 10 nitrogen and oxygen atoms in total. The van der Waals surface area contributed by atoms with Crippen molar-refractivity contribution in [1.82, 2.24) is 20.8 Å². The Morgan fingerprint density at radius 3 is 2.35 bits per heavy atom. The fourth-order valence-electron chi connectivity index (χ4n) is 4.50. The standard InChI is InChI=1S/C27H31N5O5/c1-2-24(34)30-22(26-32-31-25(37-26)15-23(28)33)13-7-8-14-29-27(35)36-16-21-19-11-5-3-9-17(19)18-10-4-6-12-20(18)21/h3-6,9-12,21-22H,2,7-8,13-16H2,1H3,(H2,28,33)(H,29,35)(H,30,34)/t22-/m0/s1. The van der Waals surface area contributed by atoms with Crippen molar-refractivity contribution in [1.29, 1.82) is 0 Å². The van der Waals surface area contributed by atoms with Crippen molar-refractivity contribution in [3.8, 4) is 11.1 Å². The van der Waals surface area contributed by atoms with E-state index in [0.29, 0.717) is 32.2 Å². The van der Waals surface area contributed by atoms with Gasteiger partial charge in [0.05, 0.1) is 0 Å². The average Bonchev–Trinajstić information content (AvgIpc) is 3.48. The van der Waals surface area contributed by atoms with Gasteiger partial charge in [-0.2, -0.15) is 0 Å². The molecule has 1 aliphatic carbocycles. The Labute approximate surface area is 215 Å². The molecular weight excluding hydrogens is 474 g/mol. The monoisotopic (exact) mass is 505 g/mol. The smallest absolute Gasteiger partial charge is 0.407 e. The van der Waals surface area contributed by atoms with E-state index in [1.165, 1.54) is 11.1 Å². The van der Waals surface area contributed by atoms with Crippen LogP contribution in [0.5, 0.6) is 0 Å². The van der Waals surface area contributed by atoms with E-state index in [2.05, 4.69) is 45.1 Å². The number of benzene rings is 2. The Morgan fingerprint density at radius 1 is 1.03 bits per heavy atom. The number of carbonyl (C=O) groups excluding carboxylic acids is 3. The number of hydrogen-bond acceptors (Lipinski definition) is 7. The van der Waals surface area contributed by atoms with E-state index >= 15 is 0 Å². The van der Waals surface area contributed by atoms with Crippen molar-refractivity contribution < 1.29 is 23.5 Å². The van der Waals surface area contributed by atoms with E-state index in [1.54, 1.807) is 6.92 Å². The highest BCUT2D eigenvalue weighted by Gasteiger charge is 2.29. The van der Waals surface area contributed by atoms with Crippen LogP contribution in [-0.4, -0.2) is 41.3 Å². The molecule has 4 rings (SSSR count). The number of nitrogens with two attached hydrogens (primary N) is 1. The molecule has 1 aliphatic rings. The van der Waals surface area contributed by atoms with Crippen LogP contribution in [-0.2, 0) is 20.7 Å². The summed E-state index contributed by atoms with van der Waals surface area (Å²) in [5.41, 5.74) is 9.86. The fourth-order valence-corrected chi connectivity index (χ4v) is 4.50. The first-order valence-electron chi connectivity index (χ1n) is 12.4. The molecule has 0 saturated heterocycles. The third kappa shape index (κ3) is 6.52. The molecule has 1 atom stereocenters. The van der Waals surface area contributed by atoms with Crippen LogP contribution in [0.2, 0.25) is 0 Å². The normalized spacial score (nSPS) is 12.9. The number of nitrogens with one attached hydrogen (secondary N) is 2. The van der Waals surface area contributed by atoms with Gasteiger partial charge in [0.2, 0.25) is 23.6 Å². The summed E-state index contributed by atoms with van der Waals surface area (Å²) in [6.45, 7) is 2.43. The summed E-state index contributed by atoms with van der Waals surface area (Å²) in [5, 5.41) is 13.4. The van der Waals surface area contributed by atoms with Crippen LogP contribution in [0.3, 0.4) is 0 Å². The Hall–Kier alpha value is -4.21. The Kier molecular flexibility index (Phi) is 8.50. The number of carbonyl (C=O) groups is 3. The van der Waals surface area contributed by atoms with Crippen molar-refractivity contribution in [3.63, 3.8) is 0 Å². The molecule has 0 spiro atoms. The van der Waals surface area contributed by atoms with E-state index in [0.717, 1.165) is 11.1 Å². The number of ether oxygens (including phenoxy) is 1. The van der Waals surface area contributed by atoms with E-state index in [1.807, 2.05) is 24.3 Å². The first-order chi connectivity index (χ1) is 18.0. The third-order valence-corrected chi connectivity index (χ3v) is 6.29. The number of nitrogens with zero attached hydrogens (tertiary/aromatic N) is 2. The summed E-state index contributed by atoms with van der Waals surface area (Å²) in [6, 6.07) is 15.9. The van der Waals surface area contributed by atoms with E-state index in [9.17, 15) is 14.4 Å². The molecule has 0 unspecified atom stereocenters. The zero-order valence-electron chi connectivity index (χ0n) is 20.7. The van der Waals surface area contributed by atoms with Gasteiger partial charge in [0.25, 0.3) is 0 Å². The maximum Gasteiger partial charge on any atom is 0.407 e. The van der Waals surface area contributed by atoms with Crippen molar-refractivity contribution >= 4 is 17.9 Å². The maximum atomic E-state index is 12.4. The van der Waals surface area contributed by atoms with Gasteiger partial charge in [-0.15, -0.1) is 10.2 Å². The van der Waals surface area contributed by atoms with E-state index in [4.69, 9.17) is 14.9 Å². The molecular formula is C27H31N5O5. The number of unbranched alkanes of at least 4 members (excludes halogenated alkanes) is 1. The molecule has 0 radical (unpaired) electrons. The maximum absolute atomic E-state index is 12.4. The molecule has 0 aliphatic heterocycles. The lowest BCUT2D eigenvalue weighted by atomic mass is 9.98. The molecule has 1 aromatic heterocycles. The van der Waals surface area contributed by atoms with Gasteiger partial charge in [0.15, 0.2) is 0 Å². The minimum Gasteiger partial charge on any atom is -0.449 e. The second-order valence-corrected chi connectivity index (χ2v) is 8.90. The molecule has 194 valence electrons. The highest BCUT2D eigenvalue weighted by atomic mass is 16.5. The molecule has 3 amide bonds. The van der Waals surface area contributed by atoms with Gasteiger partial charge in [-0.3, -0.25) is 9.59 Å². The quantitative estimate of drug-likeness (QED) is 0.319. The largest absolute Gasteiger partial charge is 0.449 e. The molecule has 4 N–H and O–H groups in total. The molecule has 0 bridgehead atoms. The molecule has 0 saturated carbocycles. The van der Waals surface area contributed by atoms with Crippen LogP contribution >= 0.6 is 0 Å². The molecule has 2 aromatic carbocycles. The molecule has 3 aromatic rings. The van der Waals surface area contributed by atoms with Gasteiger partial charge < -0.3 is 25.5 Å². The van der Waals surface area contributed by atoms with Crippen LogP contribution in [0.25, 0.3) is 11.1 Å². The number of hydrogen-bond donors (Lipinski definition) is 3.